The molecule has 0 radical (unpaired) electrons. The van der Waals surface area contributed by atoms with Crippen molar-refractivity contribution in [3.8, 4) is 0 Å². The molecule has 2 aromatic carbocycles. The van der Waals surface area contributed by atoms with Crippen molar-refractivity contribution in [1.82, 2.24) is 0 Å². The molecule has 0 saturated heterocycles. The van der Waals surface area contributed by atoms with Crippen LogP contribution in [0.25, 0.3) is 0 Å². The van der Waals surface area contributed by atoms with Gasteiger partial charge in [0.05, 0.1) is 10.7 Å². The van der Waals surface area contributed by atoms with E-state index in [0.29, 0.717) is 16.3 Å². The van der Waals surface area contributed by atoms with E-state index < -0.39 is 11.6 Å². The Morgan fingerprint density at radius 2 is 1.95 bits per heavy atom. The lowest BCUT2D eigenvalue weighted by atomic mass is 10.1. The molecule has 0 bridgehead atoms. The van der Waals surface area contributed by atoms with E-state index in [1.807, 2.05) is 6.92 Å². The molecule has 0 aliphatic carbocycles. The van der Waals surface area contributed by atoms with E-state index in [9.17, 15) is 8.78 Å². The fourth-order valence-corrected chi connectivity index (χ4v) is 1.91. The maximum atomic E-state index is 13.5. The van der Waals surface area contributed by atoms with Crippen LogP contribution in [0.3, 0.4) is 0 Å². The van der Waals surface area contributed by atoms with E-state index in [-0.39, 0.29) is 6.54 Å². The third-order valence-electron chi connectivity index (χ3n) is 2.83. The first kappa shape index (κ1) is 13.6. The summed E-state index contributed by atoms with van der Waals surface area (Å²) in [7, 11) is 0. The molecule has 0 atom stereocenters. The Labute approximate surface area is 115 Å². The molecule has 19 heavy (non-hydrogen) atoms. The van der Waals surface area contributed by atoms with Crippen LogP contribution < -0.4 is 11.1 Å². The summed E-state index contributed by atoms with van der Waals surface area (Å²) in [5.41, 5.74) is 8.23. The topological polar surface area (TPSA) is 38.0 Å². The van der Waals surface area contributed by atoms with Gasteiger partial charge < -0.3 is 11.1 Å². The molecule has 0 aliphatic heterocycles. The summed E-state index contributed by atoms with van der Waals surface area (Å²) in [5, 5.41) is 3.49. The van der Waals surface area contributed by atoms with E-state index in [4.69, 9.17) is 17.3 Å². The maximum Gasteiger partial charge on any atom is 0.131 e. The van der Waals surface area contributed by atoms with Gasteiger partial charge in [0.1, 0.15) is 11.6 Å². The molecule has 2 nitrogen and oxygen atoms in total. The van der Waals surface area contributed by atoms with Crippen LogP contribution in [0.5, 0.6) is 0 Å². The first-order valence-electron chi connectivity index (χ1n) is 5.71. The Balaban J connectivity index is 2.16. The Morgan fingerprint density at radius 1 is 1.21 bits per heavy atom. The van der Waals surface area contributed by atoms with Crippen molar-refractivity contribution in [1.29, 1.82) is 0 Å². The van der Waals surface area contributed by atoms with Gasteiger partial charge in [-0.15, -0.1) is 0 Å². The third-order valence-corrected chi connectivity index (χ3v) is 3.16. The van der Waals surface area contributed by atoms with Crippen molar-refractivity contribution in [3.05, 3.63) is 58.1 Å². The second-order valence-corrected chi connectivity index (χ2v) is 4.69. The van der Waals surface area contributed by atoms with Crippen molar-refractivity contribution in [2.24, 2.45) is 0 Å². The van der Waals surface area contributed by atoms with Crippen LogP contribution in [-0.2, 0) is 6.54 Å². The first-order chi connectivity index (χ1) is 8.97. The fraction of sp³-hybridized carbons (Fsp3) is 0.143. The molecule has 0 spiro atoms. The van der Waals surface area contributed by atoms with Gasteiger partial charge in [-0.2, -0.15) is 0 Å². The lowest BCUT2D eigenvalue weighted by molar-refractivity contribution is 0.574. The van der Waals surface area contributed by atoms with E-state index in [0.717, 1.165) is 17.3 Å². The largest absolute Gasteiger partial charge is 0.398 e. The van der Waals surface area contributed by atoms with Crippen LogP contribution in [0.1, 0.15) is 11.1 Å². The number of hydrogen-bond donors (Lipinski definition) is 2. The number of anilines is 2. The van der Waals surface area contributed by atoms with Crippen molar-refractivity contribution < 1.29 is 8.78 Å². The minimum Gasteiger partial charge on any atom is -0.398 e. The van der Waals surface area contributed by atoms with Crippen LogP contribution in [0.4, 0.5) is 20.2 Å². The monoisotopic (exact) mass is 282 g/mol. The number of aryl methyl sites for hydroxylation is 1. The molecule has 0 aromatic heterocycles. The molecule has 0 unspecified atom stereocenters. The highest BCUT2D eigenvalue weighted by atomic mass is 35.5. The quantitative estimate of drug-likeness (QED) is 0.831. The van der Waals surface area contributed by atoms with Gasteiger partial charge >= 0.3 is 0 Å². The number of nitrogens with one attached hydrogen (secondary N) is 1. The Morgan fingerprint density at radius 3 is 2.63 bits per heavy atom. The van der Waals surface area contributed by atoms with Gasteiger partial charge in [-0.1, -0.05) is 17.7 Å². The molecular weight excluding hydrogens is 270 g/mol. The van der Waals surface area contributed by atoms with Crippen LogP contribution in [-0.4, -0.2) is 0 Å². The zero-order valence-corrected chi connectivity index (χ0v) is 11.1. The van der Waals surface area contributed by atoms with Crippen molar-refractivity contribution in [2.75, 3.05) is 11.1 Å². The van der Waals surface area contributed by atoms with Gasteiger partial charge in [-0.25, -0.2) is 8.78 Å². The zero-order chi connectivity index (χ0) is 14.0. The van der Waals surface area contributed by atoms with E-state index in [2.05, 4.69) is 5.32 Å². The van der Waals surface area contributed by atoms with E-state index in [1.54, 1.807) is 12.1 Å². The molecular formula is C14H13ClF2N2. The summed E-state index contributed by atoms with van der Waals surface area (Å²) in [4.78, 5) is 0. The smallest absolute Gasteiger partial charge is 0.131 e. The van der Waals surface area contributed by atoms with Crippen molar-refractivity contribution in [3.63, 3.8) is 0 Å². The Kier molecular flexibility index (Phi) is 3.90. The molecule has 2 aromatic rings. The van der Waals surface area contributed by atoms with Crippen molar-refractivity contribution >= 4 is 23.0 Å². The standard InChI is InChI=1S/C14H13ClF2N2/c1-8-4-13(18)11(15)6-14(8)19-7-9-2-3-10(16)5-12(9)17/h2-6,19H,7,18H2,1H3. The molecule has 2 rings (SSSR count). The molecule has 0 saturated carbocycles. The van der Waals surface area contributed by atoms with E-state index in [1.165, 1.54) is 12.1 Å². The fourth-order valence-electron chi connectivity index (χ4n) is 1.75. The van der Waals surface area contributed by atoms with Gasteiger partial charge in [0.25, 0.3) is 0 Å². The maximum absolute atomic E-state index is 13.5. The lowest BCUT2D eigenvalue weighted by Crippen LogP contribution is -2.04. The highest BCUT2D eigenvalue weighted by Gasteiger charge is 2.06. The number of nitrogen functional groups attached to an aromatic ring is 1. The minimum absolute atomic E-state index is 0.243. The van der Waals surface area contributed by atoms with Gasteiger partial charge in [0.15, 0.2) is 0 Å². The third kappa shape index (κ3) is 3.15. The van der Waals surface area contributed by atoms with Crippen LogP contribution in [0.2, 0.25) is 5.02 Å². The zero-order valence-electron chi connectivity index (χ0n) is 10.3. The molecule has 3 N–H and O–H groups in total. The Hall–Kier alpha value is -1.81. The normalized spacial score (nSPS) is 10.5. The molecule has 0 aliphatic rings. The summed E-state index contributed by atoms with van der Waals surface area (Å²) in [6.45, 7) is 2.11. The van der Waals surface area contributed by atoms with Gasteiger partial charge in [0, 0.05) is 23.9 Å². The predicted octanol–water partition coefficient (Wildman–Crippen LogP) is 4.12. The molecule has 100 valence electrons. The Bertz CT molecular complexity index is 615. The number of benzene rings is 2. The summed E-state index contributed by atoms with van der Waals surface area (Å²) in [5.74, 6) is -1.17. The SMILES string of the molecule is Cc1cc(N)c(Cl)cc1NCc1ccc(F)cc1F. The summed E-state index contributed by atoms with van der Waals surface area (Å²) >= 11 is 5.93. The highest BCUT2D eigenvalue weighted by Crippen LogP contribution is 2.27. The van der Waals surface area contributed by atoms with Crippen LogP contribution in [0, 0.1) is 18.6 Å². The van der Waals surface area contributed by atoms with E-state index >= 15 is 0 Å². The minimum atomic E-state index is -0.590. The highest BCUT2D eigenvalue weighted by molar-refractivity contribution is 6.33. The second kappa shape index (κ2) is 5.45. The van der Waals surface area contributed by atoms with Gasteiger partial charge in [-0.05, 0) is 30.7 Å². The molecule has 0 amide bonds. The molecule has 5 heteroatoms. The van der Waals surface area contributed by atoms with Crippen LogP contribution in [0.15, 0.2) is 30.3 Å². The molecule has 0 heterocycles. The summed E-state index contributed by atoms with van der Waals surface area (Å²) in [6, 6.07) is 6.92. The average molecular weight is 283 g/mol. The number of halogens is 3. The number of nitrogens with two attached hydrogens (primary N) is 1. The summed E-state index contributed by atoms with van der Waals surface area (Å²) in [6.07, 6.45) is 0. The lowest BCUT2D eigenvalue weighted by Gasteiger charge is -2.12. The second-order valence-electron chi connectivity index (χ2n) is 4.28. The predicted molar refractivity (Wildman–Crippen MR) is 74.3 cm³/mol. The van der Waals surface area contributed by atoms with Gasteiger partial charge in [0.2, 0.25) is 0 Å². The molecule has 0 fully saturated rings. The first-order valence-corrected chi connectivity index (χ1v) is 6.08. The number of rotatable bonds is 3. The average Bonchev–Trinajstić information content (AvgIpc) is 2.34. The van der Waals surface area contributed by atoms with Crippen LogP contribution >= 0.6 is 11.6 Å². The van der Waals surface area contributed by atoms with Gasteiger partial charge in [-0.3, -0.25) is 0 Å². The van der Waals surface area contributed by atoms with Crippen molar-refractivity contribution in [2.45, 2.75) is 13.5 Å². The number of hydrogen-bond acceptors (Lipinski definition) is 2. The summed E-state index contributed by atoms with van der Waals surface area (Å²) < 4.78 is 26.3.